The molecule has 0 unspecified atom stereocenters. The Morgan fingerprint density at radius 1 is 0.923 bits per heavy atom. The van der Waals surface area contributed by atoms with Gasteiger partial charge in [0.2, 0.25) is 0 Å². The molecule has 3 heteroatoms. The molecule has 0 atom stereocenters. The van der Waals surface area contributed by atoms with Crippen LogP contribution in [0.1, 0.15) is 9.75 Å². The zero-order valence-electron chi connectivity index (χ0n) is 7.63. The summed E-state index contributed by atoms with van der Waals surface area (Å²) in [7, 11) is 0.844. The second-order valence-corrected chi connectivity index (χ2v) is 6.47. The monoisotopic (exact) mass is 226 g/mol. The molecular weight excluding hydrogens is 215 g/mol. The average molecular weight is 226 g/mol. The fraction of sp³-hybridized carbons (Fsp3) is 0.200. The molecule has 0 bridgehead atoms. The molecular formula is C10H11PS2. The molecule has 2 heterocycles. The standard InChI is InChI=1S/C10H11PS2/c1-7-9(3-5-12-7)11-10-4-6-13-8(10)2/h3-6,11H,1-2H3. The molecule has 0 fully saturated rings. The van der Waals surface area contributed by atoms with Crippen molar-refractivity contribution >= 4 is 41.9 Å². The van der Waals surface area contributed by atoms with Crippen molar-refractivity contribution in [3.63, 3.8) is 0 Å². The van der Waals surface area contributed by atoms with Gasteiger partial charge in [0, 0.05) is 9.75 Å². The SMILES string of the molecule is Cc1sccc1Pc1ccsc1C. The largest absolute Gasteiger partial charge is 0.149 e. The van der Waals surface area contributed by atoms with Crippen molar-refractivity contribution in [2.24, 2.45) is 0 Å². The van der Waals surface area contributed by atoms with Crippen LogP contribution in [0.4, 0.5) is 0 Å². The molecule has 0 saturated carbocycles. The van der Waals surface area contributed by atoms with Gasteiger partial charge in [-0.1, -0.05) is 8.58 Å². The first kappa shape index (κ1) is 9.39. The Hall–Kier alpha value is -0.170. The summed E-state index contributed by atoms with van der Waals surface area (Å²) in [6, 6.07) is 4.49. The molecule has 0 radical (unpaired) electrons. The number of hydrogen-bond acceptors (Lipinski definition) is 2. The summed E-state index contributed by atoms with van der Waals surface area (Å²) < 4.78 is 0. The molecule has 0 aliphatic heterocycles. The van der Waals surface area contributed by atoms with Gasteiger partial charge in [0.15, 0.2) is 0 Å². The topological polar surface area (TPSA) is 0 Å². The molecule has 2 aromatic heterocycles. The molecule has 0 saturated heterocycles. The number of rotatable bonds is 2. The lowest BCUT2D eigenvalue weighted by Gasteiger charge is -1.99. The van der Waals surface area contributed by atoms with E-state index in [1.54, 1.807) is 0 Å². The average Bonchev–Trinajstić information content (AvgIpc) is 2.65. The van der Waals surface area contributed by atoms with Crippen LogP contribution in [0.5, 0.6) is 0 Å². The lowest BCUT2D eigenvalue weighted by atomic mass is 10.5. The number of thiophene rings is 2. The minimum Gasteiger partial charge on any atom is -0.149 e. The van der Waals surface area contributed by atoms with Gasteiger partial charge in [0.25, 0.3) is 0 Å². The van der Waals surface area contributed by atoms with Crippen LogP contribution in [0.25, 0.3) is 0 Å². The van der Waals surface area contributed by atoms with E-state index < -0.39 is 0 Å². The summed E-state index contributed by atoms with van der Waals surface area (Å²) in [6.07, 6.45) is 0. The Bertz CT molecular complexity index is 362. The molecule has 0 nitrogen and oxygen atoms in total. The van der Waals surface area contributed by atoms with E-state index in [2.05, 4.69) is 36.7 Å². The van der Waals surface area contributed by atoms with Gasteiger partial charge < -0.3 is 0 Å². The van der Waals surface area contributed by atoms with Crippen molar-refractivity contribution < 1.29 is 0 Å². The zero-order chi connectivity index (χ0) is 9.26. The van der Waals surface area contributed by atoms with Crippen molar-refractivity contribution in [1.82, 2.24) is 0 Å². The maximum absolute atomic E-state index is 2.25. The summed E-state index contributed by atoms with van der Waals surface area (Å²) in [5.41, 5.74) is 0. The molecule has 0 aliphatic rings. The summed E-state index contributed by atoms with van der Waals surface area (Å²) in [4.78, 5) is 2.92. The first-order chi connectivity index (χ1) is 6.27. The van der Waals surface area contributed by atoms with E-state index in [0.717, 1.165) is 8.58 Å². The Morgan fingerprint density at radius 3 is 1.69 bits per heavy atom. The summed E-state index contributed by atoms with van der Waals surface area (Å²) in [6.45, 7) is 4.41. The Kier molecular flexibility index (Phi) is 2.83. The highest BCUT2D eigenvalue weighted by Gasteiger charge is 2.03. The Morgan fingerprint density at radius 2 is 1.38 bits per heavy atom. The highest BCUT2D eigenvalue weighted by atomic mass is 32.1. The van der Waals surface area contributed by atoms with Crippen molar-refractivity contribution in [2.45, 2.75) is 13.8 Å². The van der Waals surface area contributed by atoms with Gasteiger partial charge in [-0.2, -0.15) is 0 Å². The highest BCUT2D eigenvalue weighted by molar-refractivity contribution is 7.57. The fourth-order valence-electron chi connectivity index (χ4n) is 1.17. The third-order valence-electron chi connectivity index (χ3n) is 1.99. The molecule has 0 amide bonds. The molecule has 2 rings (SSSR count). The van der Waals surface area contributed by atoms with E-state index in [0.29, 0.717) is 0 Å². The molecule has 0 spiro atoms. The highest BCUT2D eigenvalue weighted by Crippen LogP contribution is 2.21. The molecule has 0 aliphatic carbocycles. The van der Waals surface area contributed by atoms with E-state index in [1.807, 2.05) is 22.7 Å². The second kappa shape index (κ2) is 3.91. The molecule has 0 N–H and O–H groups in total. The van der Waals surface area contributed by atoms with Crippen molar-refractivity contribution in [3.05, 3.63) is 32.6 Å². The van der Waals surface area contributed by atoms with Crippen LogP contribution in [-0.2, 0) is 0 Å². The maximum atomic E-state index is 2.25. The van der Waals surface area contributed by atoms with Crippen LogP contribution < -0.4 is 10.6 Å². The van der Waals surface area contributed by atoms with E-state index in [-0.39, 0.29) is 0 Å². The zero-order valence-corrected chi connectivity index (χ0v) is 10.3. The second-order valence-electron chi connectivity index (χ2n) is 2.91. The number of hydrogen-bond donors (Lipinski definition) is 0. The van der Waals surface area contributed by atoms with Crippen molar-refractivity contribution in [2.75, 3.05) is 0 Å². The van der Waals surface area contributed by atoms with Crippen LogP contribution in [-0.4, -0.2) is 0 Å². The van der Waals surface area contributed by atoms with Crippen LogP contribution in [0.3, 0.4) is 0 Å². The number of aryl methyl sites for hydroxylation is 2. The van der Waals surface area contributed by atoms with E-state index in [9.17, 15) is 0 Å². The fourth-order valence-corrected chi connectivity index (χ4v) is 4.26. The third kappa shape index (κ3) is 2.01. The summed E-state index contributed by atoms with van der Waals surface area (Å²) in [5, 5.41) is 7.37. The van der Waals surface area contributed by atoms with Gasteiger partial charge in [-0.25, -0.2) is 0 Å². The lowest BCUT2D eigenvalue weighted by molar-refractivity contribution is 1.68. The minimum absolute atomic E-state index is 0.844. The first-order valence-electron chi connectivity index (χ1n) is 4.12. The predicted molar refractivity (Wildman–Crippen MR) is 65.7 cm³/mol. The van der Waals surface area contributed by atoms with E-state index in [4.69, 9.17) is 0 Å². The Balaban J connectivity index is 2.24. The third-order valence-corrected chi connectivity index (χ3v) is 5.66. The van der Waals surface area contributed by atoms with E-state index >= 15 is 0 Å². The van der Waals surface area contributed by atoms with Gasteiger partial charge >= 0.3 is 0 Å². The minimum atomic E-state index is 0.844. The van der Waals surface area contributed by atoms with Gasteiger partial charge in [-0.3, -0.25) is 0 Å². The molecule has 2 aromatic rings. The molecule has 13 heavy (non-hydrogen) atoms. The van der Waals surface area contributed by atoms with Crippen molar-refractivity contribution in [3.8, 4) is 0 Å². The van der Waals surface area contributed by atoms with Crippen LogP contribution in [0.2, 0.25) is 0 Å². The van der Waals surface area contributed by atoms with Gasteiger partial charge in [0.1, 0.15) is 0 Å². The Labute approximate surface area is 88.4 Å². The van der Waals surface area contributed by atoms with Crippen LogP contribution >= 0.6 is 31.3 Å². The van der Waals surface area contributed by atoms with Gasteiger partial charge in [-0.15, -0.1) is 22.7 Å². The van der Waals surface area contributed by atoms with Gasteiger partial charge in [-0.05, 0) is 47.3 Å². The maximum Gasteiger partial charge on any atom is 0.00916 e. The van der Waals surface area contributed by atoms with E-state index in [1.165, 1.54) is 20.4 Å². The summed E-state index contributed by atoms with van der Waals surface area (Å²) >= 11 is 3.68. The lowest BCUT2D eigenvalue weighted by Crippen LogP contribution is -2.02. The first-order valence-corrected chi connectivity index (χ1v) is 6.88. The van der Waals surface area contributed by atoms with Crippen molar-refractivity contribution in [1.29, 1.82) is 0 Å². The normalized spacial score (nSPS) is 10.6. The van der Waals surface area contributed by atoms with Crippen LogP contribution in [0.15, 0.2) is 22.9 Å². The quantitative estimate of drug-likeness (QED) is 0.690. The molecule has 68 valence electrons. The predicted octanol–water partition coefficient (Wildman–Crippen LogP) is 3.06. The smallest absolute Gasteiger partial charge is 0.00916 e. The van der Waals surface area contributed by atoms with Gasteiger partial charge in [0.05, 0.1) is 0 Å². The van der Waals surface area contributed by atoms with Crippen LogP contribution in [0, 0.1) is 13.8 Å². The summed E-state index contributed by atoms with van der Waals surface area (Å²) in [5.74, 6) is 0. The molecule has 0 aromatic carbocycles.